The van der Waals surface area contributed by atoms with E-state index in [1.807, 2.05) is 30.3 Å². The van der Waals surface area contributed by atoms with E-state index in [-0.39, 0.29) is 54.6 Å². The highest BCUT2D eigenvalue weighted by Gasteiger charge is 2.48. The van der Waals surface area contributed by atoms with Crippen molar-refractivity contribution in [2.45, 2.75) is 30.4 Å². The summed E-state index contributed by atoms with van der Waals surface area (Å²) in [5, 5.41) is 11.6. The van der Waals surface area contributed by atoms with E-state index < -0.39 is 26.9 Å². The maximum atomic E-state index is 13.3. The first-order valence-corrected chi connectivity index (χ1v) is 14.2. The molecule has 2 N–H and O–H groups in total. The van der Waals surface area contributed by atoms with E-state index in [4.69, 9.17) is 0 Å². The molecule has 3 aliphatic rings. The summed E-state index contributed by atoms with van der Waals surface area (Å²) in [5.74, 6) is -2.00. The monoisotopic (exact) mass is 539 g/mol. The summed E-state index contributed by atoms with van der Waals surface area (Å²) in [6, 6.07) is 12.7. The average molecular weight is 540 g/mol. The molecule has 1 aromatic heterocycles. The highest BCUT2D eigenvalue weighted by molar-refractivity contribution is 7.91. The number of pyridine rings is 1. The molecule has 12 heteroatoms. The van der Waals surface area contributed by atoms with Crippen LogP contribution in [0.3, 0.4) is 0 Å². The Hall–Kier alpha value is -3.93. The molecule has 200 valence electrons. The number of sulfone groups is 1. The minimum absolute atomic E-state index is 0.00708. The molecule has 1 aromatic carbocycles. The number of piperazine rings is 1. The van der Waals surface area contributed by atoms with Crippen LogP contribution >= 0.6 is 0 Å². The Morgan fingerprint density at radius 3 is 2.42 bits per heavy atom. The van der Waals surface area contributed by atoms with Crippen LogP contribution in [0.25, 0.3) is 0 Å². The third kappa shape index (κ3) is 5.08. The van der Waals surface area contributed by atoms with Crippen LogP contribution in [0.5, 0.6) is 5.75 Å². The minimum Gasteiger partial charge on any atom is -0.506 e. The molecule has 1 atom stereocenters. The highest BCUT2D eigenvalue weighted by Crippen LogP contribution is 2.36. The third-order valence-corrected chi connectivity index (χ3v) is 9.00. The molecule has 0 aliphatic carbocycles. The minimum atomic E-state index is -4.04. The first kappa shape index (κ1) is 25.7. The number of anilines is 1. The number of ketones is 1. The standard InChI is InChI=1S/C26H29N5O6S/c32-21-7-4-10-27-20(21)17-38(36,37)25-15-19-26(22(33)16-28-19)31(25)24(35)9-8-23(34)30-13-11-29(12-14-30)18-5-2-1-3-6-18/h1-7,10,25,28,32H,8-9,11-17H2. The number of benzene rings is 1. The Bertz CT molecular complexity index is 1390. The number of carbonyl (C=O) groups is 3. The van der Waals surface area contributed by atoms with E-state index in [9.17, 15) is 27.9 Å². The second-order valence-corrected chi connectivity index (χ2v) is 11.7. The molecule has 11 nitrogen and oxygen atoms in total. The van der Waals surface area contributed by atoms with Gasteiger partial charge in [0.15, 0.2) is 15.6 Å². The summed E-state index contributed by atoms with van der Waals surface area (Å²) >= 11 is 0. The second-order valence-electron chi connectivity index (χ2n) is 9.51. The van der Waals surface area contributed by atoms with E-state index >= 15 is 0 Å². The Kier molecular flexibility index (Phi) is 7.06. The van der Waals surface area contributed by atoms with Crippen LogP contribution in [-0.4, -0.2) is 84.0 Å². The first-order chi connectivity index (χ1) is 18.2. The Morgan fingerprint density at radius 2 is 1.71 bits per heavy atom. The van der Waals surface area contributed by atoms with Gasteiger partial charge in [-0.2, -0.15) is 0 Å². The largest absolute Gasteiger partial charge is 0.506 e. The van der Waals surface area contributed by atoms with E-state index in [2.05, 4.69) is 15.2 Å². The molecule has 2 aromatic rings. The van der Waals surface area contributed by atoms with Gasteiger partial charge in [-0.05, 0) is 24.3 Å². The molecular weight excluding hydrogens is 510 g/mol. The van der Waals surface area contributed by atoms with Crippen molar-refractivity contribution in [3.05, 3.63) is 65.7 Å². The fourth-order valence-electron chi connectivity index (χ4n) is 5.13. The number of para-hydroxylation sites is 1. The average Bonchev–Trinajstić information content (AvgIpc) is 3.49. The predicted octanol–water partition coefficient (Wildman–Crippen LogP) is 0.773. The van der Waals surface area contributed by atoms with Gasteiger partial charge in [0, 0.05) is 63.0 Å². The van der Waals surface area contributed by atoms with E-state index in [0.717, 1.165) is 10.6 Å². The number of aromatic nitrogens is 1. The summed E-state index contributed by atoms with van der Waals surface area (Å²) in [7, 11) is -4.04. The Labute approximate surface area is 220 Å². The lowest BCUT2D eigenvalue weighted by atomic mass is 10.2. The van der Waals surface area contributed by atoms with Gasteiger partial charge in [-0.25, -0.2) is 8.42 Å². The molecule has 1 unspecified atom stereocenters. The van der Waals surface area contributed by atoms with Gasteiger partial charge in [0.05, 0.1) is 18.0 Å². The van der Waals surface area contributed by atoms with Gasteiger partial charge in [0.2, 0.25) is 11.8 Å². The van der Waals surface area contributed by atoms with Gasteiger partial charge in [0.1, 0.15) is 16.8 Å². The van der Waals surface area contributed by atoms with Crippen LogP contribution < -0.4 is 10.2 Å². The summed E-state index contributed by atoms with van der Waals surface area (Å²) in [6.45, 7) is 2.38. The lowest BCUT2D eigenvalue weighted by molar-refractivity contribution is -0.137. The normalized spacial score (nSPS) is 19.5. The molecular formula is C26H29N5O6S. The van der Waals surface area contributed by atoms with Crippen LogP contribution in [0.2, 0.25) is 0 Å². The quantitative estimate of drug-likeness (QED) is 0.522. The van der Waals surface area contributed by atoms with Crippen LogP contribution in [-0.2, 0) is 30.0 Å². The Balaban J connectivity index is 1.24. The SMILES string of the molecule is O=C1CNC2=C1N(C(=O)CCC(=O)N1CCN(c3ccccc3)CC1)C(S(=O)(=O)Cc1ncccc1O)C2. The number of hydrogen-bond donors (Lipinski definition) is 2. The van der Waals surface area contributed by atoms with Gasteiger partial charge in [0.25, 0.3) is 0 Å². The molecule has 2 amide bonds. The summed E-state index contributed by atoms with van der Waals surface area (Å²) in [6.07, 6.45) is 1.01. The van der Waals surface area contributed by atoms with Crippen LogP contribution in [0.1, 0.15) is 25.0 Å². The highest BCUT2D eigenvalue weighted by atomic mass is 32.2. The van der Waals surface area contributed by atoms with Crippen molar-refractivity contribution in [3.8, 4) is 5.75 Å². The fraction of sp³-hybridized carbons (Fsp3) is 0.385. The number of nitrogens with one attached hydrogen (secondary N) is 1. The van der Waals surface area contributed by atoms with Crippen molar-refractivity contribution < 1.29 is 27.9 Å². The van der Waals surface area contributed by atoms with Crippen molar-refractivity contribution in [1.29, 1.82) is 0 Å². The predicted molar refractivity (Wildman–Crippen MR) is 138 cm³/mol. The number of aromatic hydroxyl groups is 1. The van der Waals surface area contributed by atoms with Crippen molar-refractivity contribution in [3.63, 3.8) is 0 Å². The van der Waals surface area contributed by atoms with Crippen LogP contribution in [0, 0.1) is 0 Å². The molecule has 3 aliphatic heterocycles. The van der Waals surface area contributed by atoms with Gasteiger partial charge in [-0.15, -0.1) is 0 Å². The maximum absolute atomic E-state index is 13.3. The van der Waals surface area contributed by atoms with Crippen LogP contribution in [0.15, 0.2) is 60.1 Å². The van der Waals surface area contributed by atoms with Crippen LogP contribution in [0.4, 0.5) is 5.69 Å². The maximum Gasteiger partial charge on any atom is 0.228 e. The zero-order valence-electron chi connectivity index (χ0n) is 20.7. The summed E-state index contributed by atoms with van der Waals surface area (Å²) < 4.78 is 26.7. The van der Waals surface area contributed by atoms with Gasteiger partial charge < -0.3 is 20.2 Å². The Morgan fingerprint density at radius 1 is 1.00 bits per heavy atom. The first-order valence-electron chi connectivity index (χ1n) is 12.5. The molecule has 1 saturated heterocycles. The number of Topliss-reactive ketones (excluding diaryl/α,β-unsaturated/α-hetero) is 1. The van der Waals surface area contributed by atoms with Crippen molar-refractivity contribution in [2.75, 3.05) is 37.6 Å². The van der Waals surface area contributed by atoms with Gasteiger partial charge >= 0.3 is 0 Å². The van der Waals surface area contributed by atoms with Crippen molar-refractivity contribution in [1.82, 2.24) is 20.1 Å². The number of nitrogens with zero attached hydrogens (tertiary/aromatic N) is 4. The van der Waals surface area contributed by atoms with Crippen molar-refractivity contribution >= 4 is 33.1 Å². The van der Waals surface area contributed by atoms with Gasteiger partial charge in [-0.3, -0.25) is 24.3 Å². The lowest BCUT2D eigenvalue weighted by Gasteiger charge is -2.36. The van der Waals surface area contributed by atoms with Crippen molar-refractivity contribution in [2.24, 2.45) is 0 Å². The van der Waals surface area contributed by atoms with E-state index in [1.54, 1.807) is 4.90 Å². The molecule has 0 bridgehead atoms. The molecule has 0 spiro atoms. The van der Waals surface area contributed by atoms with Gasteiger partial charge in [-0.1, -0.05) is 18.2 Å². The summed E-state index contributed by atoms with van der Waals surface area (Å²) in [5.41, 5.74) is 1.52. The third-order valence-electron chi connectivity index (χ3n) is 7.11. The smallest absolute Gasteiger partial charge is 0.228 e. The molecule has 38 heavy (non-hydrogen) atoms. The molecule has 5 rings (SSSR count). The lowest BCUT2D eigenvalue weighted by Crippen LogP contribution is -2.49. The fourth-order valence-corrected chi connectivity index (χ4v) is 6.89. The number of rotatable bonds is 7. The zero-order valence-corrected chi connectivity index (χ0v) is 21.6. The molecule has 0 saturated carbocycles. The summed E-state index contributed by atoms with van der Waals surface area (Å²) in [4.78, 5) is 47.7. The second kappa shape index (κ2) is 10.4. The number of hydrogen-bond acceptors (Lipinski definition) is 9. The molecule has 1 fully saturated rings. The van der Waals surface area contributed by atoms with E-state index in [0.29, 0.717) is 31.9 Å². The number of amides is 2. The number of carbonyl (C=O) groups excluding carboxylic acids is 3. The molecule has 0 radical (unpaired) electrons. The topological polar surface area (TPSA) is 140 Å². The zero-order chi connectivity index (χ0) is 26.9. The van der Waals surface area contributed by atoms with E-state index in [1.165, 1.54) is 18.3 Å². The molecule has 4 heterocycles.